The molecule has 0 spiro atoms. The second-order valence-electron chi connectivity index (χ2n) is 7.33. The van der Waals surface area contributed by atoms with Crippen molar-refractivity contribution in [2.45, 2.75) is 60.8 Å². The Morgan fingerprint density at radius 3 is 1.85 bits per heavy atom. The fourth-order valence-electron chi connectivity index (χ4n) is 1.92. The predicted molar refractivity (Wildman–Crippen MR) is 87.2 cm³/mol. The van der Waals surface area contributed by atoms with Crippen molar-refractivity contribution in [2.24, 2.45) is 28.1 Å². The average Bonchev–Trinajstić information content (AvgIpc) is 2.36. The van der Waals surface area contributed by atoms with Crippen molar-refractivity contribution < 1.29 is 5.21 Å². The molecule has 4 heteroatoms. The molecule has 20 heavy (non-hydrogen) atoms. The molecule has 0 aromatic heterocycles. The van der Waals surface area contributed by atoms with Crippen molar-refractivity contribution in [1.29, 1.82) is 0 Å². The smallest absolute Gasteiger partial charge is 0.144 e. The fraction of sp³-hybridized carbons (Fsp3) is 0.938. The number of nitrogens with zero attached hydrogens (tertiary/aromatic N) is 2. The lowest BCUT2D eigenvalue weighted by Gasteiger charge is -2.29. The van der Waals surface area contributed by atoms with E-state index in [1.165, 1.54) is 12.8 Å². The number of amidine groups is 1. The van der Waals surface area contributed by atoms with Crippen LogP contribution in [0.5, 0.6) is 0 Å². The number of rotatable bonds is 10. The van der Waals surface area contributed by atoms with Crippen molar-refractivity contribution >= 4 is 5.84 Å². The van der Waals surface area contributed by atoms with E-state index >= 15 is 0 Å². The topological polar surface area (TPSA) is 61.8 Å². The molecule has 120 valence electrons. The van der Waals surface area contributed by atoms with Gasteiger partial charge in [-0.15, -0.1) is 0 Å². The van der Waals surface area contributed by atoms with Crippen LogP contribution in [-0.4, -0.2) is 35.6 Å². The van der Waals surface area contributed by atoms with Crippen LogP contribution < -0.4 is 5.73 Å². The molecule has 0 bridgehead atoms. The maximum absolute atomic E-state index is 8.84. The Labute approximate surface area is 125 Å². The first-order valence-corrected chi connectivity index (χ1v) is 7.89. The molecule has 0 aliphatic carbocycles. The van der Waals surface area contributed by atoms with Crippen LogP contribution in [0.1, 0.15) is 60.8 Å². The van der Waals surface area contributed by atoms with Crippen LogP contribution in [0.3, 0.4) is 0 Å². The van der Waals surface area contributed by atoms with Crippen molar-refractivity contribution in [3.63, 3.8) is 0 Å². The molecule has 0 rings (SSSR count). The molecule has 0 aliphatic heterocycles. The molecule has 0 radical (unpaired) electrons. The van der Waals surface area contributed by atoms with E-state index in [0.717, 1.165) is 37.9 Å². The van der Waals surface area contributed by atoms with Crippen molar-refractivity contribution in [3.05, 3.63) is 0 Å². The number of nitrogens with two attached hydrogens (primary N) is 1. The molecule has 0 amide bonds. The van der Waals surface area contributed by atoms with Gasteiger partial charge in [-0.25, -0.2) is 0 Å². The Balaban J connectivity index is 4.40. The molecule has 0 aliphatic rings. The number of hydrogen-bond donors (Lipinski definition) is 2. The lowest BCUT2D eigenvalue weighted by atomic mass is 9.87. The zero-order chi connectivity index (χ0) is 15.8. The van der Waals surface area contributed by atoms with Crippen molar-refractivity contribution in [2.75, 3.05) is 19.6 Å². The molecule has 0 unspecified atom stereocenters. The second kappa shape index (κ2) is 9.22. The molecular weight excluding hydrogens is 250 g/mol. The van der Waals surface area contributed by atoms with E-state index < -0.39 is 0 Å². The molecule has 0 saturated heterocycles. The quantitative estimate of drug-likeness (QED) is 0.279. The predicted octanol–water partition coefficient (Wildman–Crippen LogP) is 3.54. The highest BCUT2D eigenvalue weighted by atomic mass is 16.4. The van der Waals surface area contributed by atoms with Crippen LogP contribution in [0.25, 0.3) is 0 Å². The van der Waals surface area contributed by atoms with Gasteiger partial charge in [-0.05, 0) is 50.7 Å². The summed E-state index contributed by atoms with van der Waals surface area (Å²) < 4.78 is 0. The molecule has 0 saturated carbocycles. The molecule has 0 aromatic rings. The van der Waals surface area contributed by atoms with Crippen LogP contribution in [0.4, 0.5) is 0 Å². The summed E-state index contributed by atoms with van der Waals surface area (Å²) >= 11 is 0. The molecule has 4 nitrogen and oxygen atoms in total. The minimum Gasteiger partial charge on any atom is -0.409 e. The van der Waals surface area contributed by atoms with Gasteiger partial charge in [-0.2, -0.15) is 0 Å². The molecule has 0 atom stereocenters. The van der Waals surface area contributed by atoms with Crippen LogP contribution in [0.15, 0.2) is 5.16 Å². The van der Waals surface area contributed by atoms with Gasteiger partial charge in [0.15, 0.2) is 0 Å². The van der Waals surface area contributed by atoms with Crippen molar-refractivity contribution in [1.82, 2.24) is 4.90 Å². The van der Waals surface area contributed by atoms with Crippen LogP contribution in [-0.2, 0) is 0 Å². The van der Waals surface area contributed by atoms with Gasteiger partial charge in [-0.3, -0.25) is 0 Å². The zero-order valence-corrected chi connectivity index (χ0v) is 14.3. The Hall–Kier alpha value is -0.770. The highest BCUT2D eigenvalue weighted by molar-refractivity contribution is 5.85. The SMILES string of the molecule is CC(C)CCN(CCC(C)C)CCC(C)(C)C(N)=NO. The van der Waals surface area contributed by atoms with E-state index in [1.54, 1.807) is 0 Å². The van der Waals surface area contributed by atoms with E-state index in [0.29, 0.717) is 5.84 Å². The first-order valence-electron chi connectivity index (χ1n) is 7.89. The van der Waals surface area contributed by atoms with Gasteiger partial charge in [0.1, 0.15) is 5.84 Å². The first-order chi connectivity index (χ1) is 9.19. The van der Waals surface area contributed by atoms with E-state index in [-0.39, 0.29) is 5.41 Å². The van der Waals surface area contributed by atoms with Crippen LogP contribution >= 0.6 is 0 Å². The third-order valence-corrected chi connectivity index (χ3v) is 3.90. The molecular formula is C16H35N3O. The summed E-state index contributed by atoms with van der Waals surface area (Å²) in [6, 6.07) is 0. The summed E-state index contributed by atoms with van der Waals surface area (Å²) in [5, 5.41) is 12.0. The van der Waals surface area contributed by atoms with Gasteiger partial charge in [0.05, 0.1) is 0 Å². The zero-order valence-electron chi connectivity index (χ0n) is 14.3. The van der Waals surface area contributed by atoms with Gasteiger partial charge in [0.25, 0.3) is 0 Å². The Morgan fingerprint density at radius 2 is 1.50 bits per heavy atom. The van der Waals surface area contributed by atoms with Crippen molar-refractivity contribution in [3.8, 4) is 0 Å². The standard InChI is InChI=1S/C16H35N3O/c1-13(2)7-10-19(11-8-14(3)4)12-9-16(5,6)15(17)18-20/h13-14,20H,7-12H2,1-6H3,(H2,17,18). The monoisotopic (exact) mass is 285 g/mol. The third-order valence-electron chi connectivity index (χ3n) is 3.90. The summed E-state index contributed by atoms with van der Waals surface area (Å²) in [5.74, 6) is 1.78. The highest BCUT2D eigenvalue weighted by Crippen LogP contribution is 2.21. The Kier molecular flexibility index (Phi) is 8.86. The van der Waals surface area contributed by atoms with Gasteiger partial charge in [-0.1, -0.05) is 46.7 Å². The highest BCUT2D eigenvalue weighted by Gasteiger charge is 2.24. The molecule has 3 N–H and O–H groups in total. The summed E-state index contributed by atoms with van der Waals surface area (Å²) in [7, 11) is 0. The number of hydrogen-bond acceptors (Lipinski definition) is 3. The maximum Gasteiger partial charge on any atom is 0.144 e. The largest absolute Gasteiger partial charge is 0.409 e. The Bertz CT molecular complexity index is 273. The minimum absolute atomic E-state index is 0.247. The lowest BCUT2D eigenvalue weighted by molar-refractivity contribution is 0.219. The van der Waals surface area contributed by atoms with Gasteiger partial charge >= 0.3 is 0 Å². The van der Waals surface area contributed by atoms with Crippen LogP contribution in [0.2, 0.25) is 0 Å². The minimum atomic E-state index is -0.247. The fourth-order valence-corrected chi connectivity index (χ4v) is 1.92. The normalized spacial score (nSPS) is 13.8. The summed E-state index contributed by atoms with van der Waals surface area (Å²) in [5.41, 5.74) is 5.52. The molecule has 0 heterocycles. The number of oxime groups is 1. The van der Waals surface area contributed by atoms with Gasteiger partial charge in [0, 0.05) is 5.41 Å². The maximum atomic E-state index is 8.84. The Morgan fingerprint density at radius 1 is 1.05 bits per heavy atom. The van der Waals surface area contributed by atoms with Crippen LogP contribution in [0, 0.1) is 17.3 Å². The summed E-state index contributed by atoms with van der Waals surface area (Å²) in [4.78, 5) is 2.52. The van der Waals surface area contributed by atoms with Gasteiger partial charge in [0.2, 0.25) is 0 Å². The summed E-state index contributed by atoms with van der Waals surface area (Å²) in [6.07, 6.45) is 3.36. The van der Waals surface area contributed by atoms with Gasteiger partial charge < -0.3 is 15.8 Å². The van der Waals surface area contributed by atoms with E-state index in [4.69, 9.17) is 10.9 Å². The lowest BCUT2D eigenvalue weighted by Crippen LogP contribution is -2.37. The molecule has 0 fully saturated rings. The first kappa shape index (κ1) is 19.2. The average molecular weight is 285 g/mol. The second-order valence-corrected chi connectivity index (χ2v) is 7.33. The van der Waals surface area contributed by atoms with E-state index in [9.17, 15) is 0 Å². The third kappa shape index (κ3) is 8.41. The van der Waals surface area contributed by atoms with E-state index in [2.05, 4.69) is 37.8 Å². The molecule has 0 aromatic carbocycles. The summed E-state index contributed by atoms with van der Waals surface area (Å²) in [6.45, 7) is 16.4. The van der Waals surface area contributed by atoms with E-state index in [1.807, 2.05) is 13.8 Å².